The summed E-state index contributed by atoms with van der Waals surface area (Å²) in [5.41, 5.74) is 9.10. The largest absolute Gasteiger partial charge is 0.378 e. The topological polar surface area (TPSA) is 155 Å². The zero-order valence-corrected chi connectivity index (χ0v) is 21.4. The predicted molar refractivity (Wildman–Crippen MR) is 148 cm³/mol. The Bertz CT molecular complexity index is 1320. The van der Waals surface area contributed by atoms with Crippen molar-refractivity contribution in [1.82, 2.24) is 19.9 Å². The van der Waals surface area contributed by atoms with E-state index in [0.717, 1.165) is 22.9 Å². The SMILES string of the molecule is CCC(C)Nc1c(C=N)nc(N2CCN(C(N)=NC#N)CC2)nc1N[C@H](C)c1cnc2ccccc2c1. The summed E-state index contributed by atoms with van der Waals surface area (Å²) in [5, 5.41) is 25.0. The second-order valence-corrected chi connectivity index (χ2v) is 9.10. The van der Waals surface area contributed by atoms with Crippen molar-refractivity contribution in [3.05, 3.63) is 47.8 Å². The minimum atomic E-state index is -0.0882. The van der Waals surface area contributed by atoms with Crippen LogP contribution in [0.15, 0.2) is 41.5 Å². The highest BCUT2D eigenvalue weighted by Gasteiger charge is 2.24. The second kappa shape index (κ2) is 11.5. The summed E-state index contributed by atoms with van der Waals surface area (Å²) in [4.78, 5) is 21.8. The van der Waals surface area contributed by atoms with Crippen LogP contribution in [0.2, 0.25) is 0 Å². The first-order valence-corrected chi connectivity index (χ1v) is 12.5. The van der Waals surface area contributed by atoms with E-state index in [4.69, 9.17) is 26.4 Å². The van der Waals surface area contributed by atoms with Gasteiger partial charge in [-0.15, -0.1) is 4.99 Å². The van der Waals surface area contributed by atoms with Gasteiger partial charge in [0.2, 0.25) is 18.1 Å². The van der Waals surface area contributed by atoms with E-state index in [-0.39, 0.29) is 18.0 Å². The lowest BCUT2D eigenvalue weighted by Gasteiger charge is -2.35. The standard InChI is InChI=1S/C26H33N11/c1-4-17(2)32-23-22(14-27)34-26(37-11-9-36(10-12-37)25(29)31-16-28)35-24(23)33-18(3)20-13-19-7-5-6-8-21(19)30-15-20/h5-8,13-15,17-18,27,32H,4,9-12H2,1-3H3,(H2,29,31)(H,33,34,35)/t17?,18-/m1/s1. The Labute approximate surface area is 217 Å². The van der Waals surface area contributed by atoms with Crippen LogP contribution in [0.4, 0.5) is 17.5 Å². The molecule has 1 aliphatic rings. The van der Waals surface area contributed by atoms with Crippen LogP contribution >= 0.6 is 0 Å². The molecule has 192 valence electrons. The second-order valence-electron chi connectivity index (χ2n) is 9.10. The van der Waals surface area contributed by atoms with Crippen LogP contribution in [0.25, 0.3) is 10.9 Å². The van der Waals surface area contributed by atoms with E-state index >= 15 is 0 Å². The fourth-order valence-electron chi connectivity index (χ4n) is 4.18. The zero-order chi connectivity index (χ0) is 26.4. The molecule has 11 heteroatoms. The molecule has 1 aromatic carbocycles. The van der Waals surface area contributed by atoms with Gasteiger partial charge in [0.25, 0.3) is 0 Å². The third-order valence-electron chi connectivity index (χ3n) is 6.58. The first-order valence-electron chi connectivity index (χ1n) is 12.5. The normalized spacial score (nSPS) is 15.7. The van der Waals surface area contributed by atoms with Gasteiger partial charge in [-0.05, 0) is 38.0 Å². The maximum absolute atomic E-state index is 8.79. The summed E-state index contributed by atoms with van der Waals surface area (Å²) >= 11 is 0. The molecule has 3 aromatic rings. The number of rotatable bonds is 8. The molecular formula is C26H33N11. The number of fused-ring (bicyclic) bond motifs is 1. The molecular weight excluding hydrogens is 466 g/mol. The van der Waals surface area contributed by atoms with Crippen LogP contribution in [0.3, 0.4) is 0 Å². The summed E-state index contributed by atoms with van der Waals surface area (Å²) in [6.45, 7) is 8.68. The number of aliphatic imine (C=N–C) groups is 1. The van der Waals surface area contributed by atoms with E-state index in [1.165, 1.54) is 6.21 Å². The van der Waals surface area contributed by atoms with Crippen LogP contribution < -0.4 is 21.3 Å². The minimum Gasteiger partial charge on any atom is -0.378 e. The van der Waals surface area contributed by atoms with Crippen LogP contribution in [0, 0.1) is 16.9 Å². The Hall–Kier alpha value is -4.46. The predicted octanol–water partition coefficient (Wildman–Crippen LogP) is 3.32. The molecule has 4 rings (SSSR count). The maximum atomic E-state index is 8.79. The van der Waals surface area contributed by atoms with Gasteiger partial charge in [-0.1, -0.05) is 25.1 Å². The smallest absolute Gasteiger partial charge is 0.228 e. The number of hydrogen-bond donors (Lipinski definition) is 4. The molecule has 3 heterocycles. The first-order chi connectivity index (χ1) is 17.9. The lowest BCUT2D eigenvalue weighted by Crippen LogP contribution is -2.51. The van der Waals surface area contributed by atoms with E-state index < -0.39 is 0 Å². The molecule has 2 atom stereocenters. The monoisotopic (exact) mass is 499 g/mol. The van der Waals surface area contributed by atoms with E-state index in [9.17, 15) is 0 Å². The van der Waals surface area contributed by atoms with E-state index in [1.807, 2.05) is 29.3 Å². The van der Waals surface area contributed by atoms with Gasteiger partial charge in [0, 0.05) is 50.0 Å². The molecule has 0 bridgehead atoms. The number of aromatic nitrogens is 3. The van der Waals surface area contributed by atoms with Crippen molar-refractivity contribution in [2.45, 2.75) is 39.3 Å². The van der Waals surface area contributed by atoms with E-state index in [1.54, 1.807) is 6.19 Å². The van der Waals surface area contributed by atoms with E-state index in [2.05, 4.69) is 58.4 Å². The zero-order valence-electron chi connectivity index (χ0n) is 21.4. The number of nitrogens with two attached hydrogens (primary N) is 1. The molecule has 0 radical (unpaired) electrons. The van der Waals surface area contributed by atoms with Crippen LogP contribution in [-0.4, -0.2) is 64.2 Å². The summed E-state index contributed by atoms with van der Waals surface area (Å²) in [5.74, 6) is 1.39. The molecule has 0 amide bonds. The summed E-state index contributed by atoms with van der Waals surface area (Å²) in [6.07, 6.45) is 5.79. The van der Waals surface area contributed by atoms with Crippen molar-refractivity contribution in [3.8, 4) is 6.19 Å². The van der Waals surface area contributed by atoms with Gasteiger partial charge < -0.3 is 31.6 Å². The summed E-state index contributed by atoms with van der Waals surface area (Å²) < 4.78 is 0. The number of nitrogens with one attached hydrogen (secondary N) is 3. The van der Waals surface area contributed by atoms with E-state index in [0.29, 0.717) is 49.3 Å². The van der Waals surface area contributed by atoms with Crippen molar-refractivity contribution in [2.75, 3.05) is 41.7 Å². The first kappa shape index (κ1) is 25.6. The van der Waals surface area contributed by atoms with Crippen LogP contribution in [0.1, 0.15) is 44.5 Å². The van der Waals surface area contributed by atoms with Crippen LogP contribution in [-0.2, 0) is 0 Å². The third-order valence-corrected chi connectivity index (χ3v) is 6.58. The van der Waals surface area contributed by atoms with Gasteiger partial charge >= 0.3 is 0 Å². The van der Waals surface area contributed by atoms with Crippen molar-refractivity contribution in [3.63, 3.8) is 0 Å². The van der Waals surface area contributed by atoms with Crippen molar-refractivity contribution in [2.24, 2.45) is 10.7 Å². The Balaban J connectivity index is 1.64. The molecule has 37 heavy (non-hydrogen) atoms. The highest BCUT2D eigenvalue weighted by molar-refractivity contribution is 5.89. The highest BCUT2D eigenvalue weighted by atomic mass is 15.4. The average Bonchev–Trinajstić information content (AvgIpc) is 2.93. The van der Waals surface area contributed by atoms with Gasteiger partial charge in [-0.25, -0.2) is 4.98 Å². The average molecular weight is 500 g/mol. The summed E-state index contributed by atoms with van der Waals surface area (Å²) in [6, 6.07) is 10.3. The molecule has 1 fully saturated rings. The quantitative estimate of drug-likeness (QED) is 0.207. The van der Waals surface area contributed by atoms with Gasteiger partial charge in [0.05, 0.1) is 11.6 Å². The molecule has 0 aliphatic carbocycles. The molecule has 5 N–H and O–H groups in total. The lowest BCUT2D eigenvalue weighted by molar-refractivity contribution is 0.379. The third kappa shape index (κ3) is 5.86. The summed E-state index contributed by atoms with van der Waals surface area (Å²) in [7, 11) is 0. The van der Waals surface area contributed by atoms with Gasteiger partial charge in [0.1, 0.15) is 11.4 Å². The van der Waals surface area contributed by atoms with Gasteiger partial charge in [-0.3, -0.25) is 4.98 Å². The molecule has 11 nitrogen and oxygen atoms in total. The fraction of sp³-hybridized carbons (Fsp3) is 0.385. The number of nitrogens with zero attached hydrogens (tertiary/aromatic N) is 7. The molecule has 2 aromatic heterocycles. The van der Waals surface area contributed by atoms with Gasteiger partial charge in [-0.2, -0.15) is 10.2 Å². The van der Waals surface area contributed by atoms with Crippen molar-refractivity contribution < 1.29 is 0 Å². The number of nitriles is 1. The van der Waals surface area contributed by atoms with Crippen molar-refractivity contribution in [1.29, 1.82) is 10.7 Å². The Morgan fingerprint density at radius 2 is 1.97 bits per heavy atom. The highest BCUT2D eigenvalue weighted by Crippen LogP contribution is 2.30. The molecule has 1 aliphatic heterocycles. The Kier molecular flexibility index (Phi) is 7.98. The van der Waals surface area contributed by atoms with Gasteiger partial charge in [0.15, 0.2) is 5.82 Å². The van der Waals surface area contributed by atoms with Crippen LogP contribution in [0.5, 0.6) is 0 Å². The molecule has 1 unspecified atom stereocenters. The number of guanidine groups is 1. The van der Waals surface area contributed by atoms with Crippen molar-refractivity contribution >= 4 is 40.5 Å². The molecule has 0 spiro atoms. The Morgan fingerprint density at radius 3 is 2.68 bits per heavy atom. The number of para-hydroxylation sites is 1. The number of anilines is 3. The fourth-order valence-corrected chi connectivity index (χ4v) is 4.18. The number of piperazine rings is 1. The maximum Gasteiger partial charge on any atom is 0.228 e. The number of hydrogen-bond acceptors (Lipinski definition) is 9. The molecule has 1 saturated heterocycles. The molecule has 0 saturated carbocycles. The number of benzene rings is 1. The lowest BCUT2D eigenvalue weighted by atomic mass is 10.1. The Morgan fingerprint density at radius 1 is 1.22 bits per heavy atom. The minimum absolute atomic E-state index is 0.0882. The number of pyridine rings is 1.